The summed E-state index contributed by atoms with van der Waals surface area (Å²) < 4.78 is 5.45. The average molecular weight is 342 g/mol. The lowest BCUT2D eigenvalue weighted by atomic mass is 10.1. The molecular formula is C19H26N4O2. The molecule has 2 aromatic rings. The van der Waals surface area contributed by atoms with E-state index in [9.17, 15) is 4.79 Å². The molecule has 1 aliphatic heterocycles. The van der Waals surface area contributed by atoms with E-state index in [-0.39, 0.29) is 6.09 Å². The molecule has 0 unspecified atom stereocenters. The standard InChI is InChI=1S/C19H26N4O2/c1-19(2,3)25-18(24)23-11-9-22(10-12-23)14-16-13-20-21-17(16)15-7-5-4-6-8-15/h4-8,13H,9-12,14H2,1-3H3,(H,20,21). The number of amides is 1. The molecule has 2 heterocycles. The van der Waals surface area contributed by atoms with E-state index in [1.165, 1.54) is 5.56 Å². The van der Waals surface area contributed by atoms with Gasteiger partial charge in [-0.1, -0.05) is 30.3 Å². The highest BCUT2D eigenvalue weighted by atomic mass is 16.6. The van der Waals surface area contributed by atoms with Crippen molar-refractivity contribution in [2.75, 3.05) is 26.2 Å². The molecule has 1 aliphatic rings. The molecule has 6 nitrogen and oxygen atoms in total. The highest BCUT2D eigenvalue weighted by molar-refractivity contribution is 5.68. The largest absolute Gasteiger partial charge is 0.444 e. The molecule has 0 spiro atoms. The van der Waals surface area contributed by atoms with Crippen LogP contribution in [0.1, 0.15) is 26.3 Å². The van der Waals surface area contributed by atoms with Crippen LogP contribution in [0.5, 0.6) is 0 Å². The Hall–Kier alpha value is -2.34. The van der Waals surface area contributed by atoms with Crippen LogP contribution in [0.2, 0.25) is 0 Å². The second-order valence-electron chi connectivity index (χ2n) is 7.38. The van der Waals surface area contributed by atoms with Gasteiger partial charge in [0.1, 0.15) is 5.60 Å². The fraction of sp³-hybridized carbons (Fsp3) is 0.474. The van der Waals surface area contributed by atoms with E-state index < -0.39 is 5.60 Å². The van der Waals surface area contributed by atoms with E-state index >= 15 is 0 Å². The number of hydrogen-bond donors (Lipinski definition) is 1. The van der Waals surface area contributed by atoms with Crippen LogP contribution < -0.4 is 0 Å². The molecule has 25 heavy (non-hydrogen) atoms. The molecule has 0 aliphatic carbocycles. The van der Waals surface area contributed by atoms with Crippen molar-refractivity contribution < 1.29 is 9.53 Å². The summed E-state index contributed by atoms with van der Waals surface area (Å²) in [5.74, 6) is 0. The summed E-state index contributed by atoms with van der Waals surface area (Å²) >= 11 is 0. The average Bonchev–Trinajstić information content (AvgIpc) is 3.03. The topological polar surface area (TPSA) is 61.5 Å². The van der Waals surface area contributed by atoms with Crippen molar-refractivity contribution in [2.24, 2.45) is 0 Å². The Morgan fingerprint density at radius 1 is 1.16 bits per heavy atom. The number of aromatic nitrogens is 2. The van der Waals surface area contributed by atoms with Crippen molar-refractivity contribution in [3.05, 3.63) is 42.1 Å². The summed E-state index contributed by atoms with van der Waals surface area (Å²) in [6.07, 6.45) is 1.67. The molecule has 6 heteroatoms. The molecule has 1 amide bonds. The number of aromatic amines is 1. The maximum atomic E-state index is 12.1. The Labute approximate surface area is 148 Å². The first kappa shape index (κ1) is 17.5. The minimum atomic E-state index is -0.449. The molecular weight excluding hydrogens is 316 g/mol. The number of carbonyl (C=O) groups is 1. The minimum absolute atomic E-state index is 0.222. The molecule has 0 atom stereocenters. The van der Waals surface area contributed by atoms with Gasteiger partial charge in [-0.15, -0.1) is 0 Å². The Bertz CT molecular complexity index is 698. The van der Waals surface area contributed by atoms with Crippen molar-refractivity contribution >= 4 is 6.09 Å². The number of carbonyl (C=O) groups excluding carboxylic acids is 1. The van der Waals surface area contributed by atoms with Gasteiger partial charge in [0.15, 0.2) is 0 Å². The first-order chi connectivity index (χ1) is 11.9. The number of hydrogen-bond acceptors (Lipinski definition) is 4. The third-order valence-corrected chi connectivity index (χ3v) is 4.20. The lowest BCUT2D eigenvalue weighted by Crippen LogP contribution is -2.49. The first-order valence-electron chi connectivity index (χ1n) is 8.70. The van der Waals surface area contributed by atoms with Gasteiger partial charge in [-0.2, -0.15) is 5.10 Å². The number of ether oxygens (including phenoxy) is 1. The zero-order chi connectivity index (χ0) is 17.9. The highest BCUT2D eigenvalue weighted by Gasteiger charge is 2.26. The Morgan fingerprint density at radius 3 is 2.48 bits per heavy atom. The quantitative estimate of drug-likeness (QED) is 0.931. The first-order valence-corrected chi connectivity index (χ1v) is 8.70. The van der Waals surface area contributed by atoms with Gasteiger partial charge in [0.25, 0.3) is 0 Å². The van der Waals surface area contributed by atoms with Crippen molar-refractivity contribution in [3.63, 3.8) is 0 Å². The number of benzene rings is 1. The predicted octanol–water partition coefficient (Wildman–Crippen LogP) is 3.13. The summed E-state index contributed by atoms with van der Waals surface area (Å²) in [7, 11) is 0. The molecule has 1 aromatic carbocycles. The van der Waals surface area contributed by atoms with Crippen molar-refractivity contribution in [3.8, 4) is 11.3 Å². The molecule has 1 saturated heterocycles. The number of rotatable bonds is 3. The molecule has 1 fully saturated rings. The van der Waals surface area contributed by atoms with E-state index in [1.807, 2.05) is 45.2 Å². The summed E-state index contributed by atoms with van der Waals surface area (Å²) in [4.78, 5) is 16.3. The third kappa shape index (κ3) is 4.60. The van der Waals surface area contributed by atoms with E-state index in [4.69, 9.17) is 4.74 Å². The van der Waals surface area contributed by atoms with Gasteiger partial charge < -0.3 is 9.64 Å². The van der Waals surface area contributed by atoms with Crippen LogP contribution >= 0.6 is 0 Å². The monoisotopic (exact) mass is 342 g/mol. The molecule has 1 aromatic heterocycles. The molecule has 0 bridgehead atoms. The molecule has 0 saturated carbocycles. The smallest absolute Gasteiger partial charge is 0.410 e. The number of nitrogens with zero attached hydrogens (tertiary/aromatic N) is 3. The number of H-pyrrole nitrogens is 1. The summed E-state index contributed by atoms with van der Waals surface area (Å²) in [6, 6.07) is 10.2. The fourth-order valence-electron chi connectivity index (χ4n) is 2.94. The minimum Gasteiger partial charge on any atom is -0.444 e. The van der Waals surface area contributed by atoms with Crippen LogP contribution in [0.4, 0.5) is 4.79 Å². The van der Waals surface area contributed by atoms with Gasteiger partial charge in [0.05, 0.1) is 11.9 Å². The second kappa shape index (κ2) is 7.27. The molecule has 1 N–H and O–H groups in total. The number of piperazine rings is 1. The van der Waals surface area contributed by atoms with Crippen LogP contribution in [0.25, 0.3) is 11.3 Å². The second-order valence-corrected chi connectivity index (χ2v) is 7.38. The van der Waals surface area contributed by atoms with Crippen LogP contribution in [-0.4, -0.2) is 57.9 Å². The maximum absolute atomic E-state index is 12.1. The van der Waals surface area contributed by atoms with Gasteiger partial charge in [-0.25, -0.2) is 4.79 Å². The SMILES string of the molecule is CC(C)(C)OC(=O)N1CCN(Cc2cn[nH]c2-c2ccccc2)CC1. The maximum Gasteiger partial charge on any atom is 0.410 e. The molecule has 0 radical (unpaired) electrons. The fourth-order valence-corrected chi connectivity index (χ4v) is 2.94. The lowest BCUT2D eigenvalue weighted by Gasteiger charge is -2.35. The van der Waals surface area contributed by atoms with E-state index in [1.54, 1.807) is 4.90 Å². The Morgan fingerprint density at radius 2 is 1.84 bits per heavy atom. The summed E-state index contributed by atoms with van der Waals surface area (Å²) in [5.41, 5.74) is 2.93. The van der Waals surface area contributed by atoms with E-state index in [0.717, 1.165) is 30.9 Å². The zero-order valence-corrected chi connectivity index (χ0v) is 15.2. The van der Waals surface area contributed by atoms with Crippen LogP contribution in [0, 0.1) is 0 Å². The molecule has 134 valence electrons. The predicted molar refractivity (Wildman–Crippen MR) is 97.1 cm³/mol. The van der Waals surface area contributed by atoms with Crippen LogP contribution in [-0.2, 0) is 11.3 Å². The van der Waals surface area contributed by atoms with Gasteiger partial charge in [0.2, 0.25) is 0 Å². The van der Waals surface area contributed by atoms with Gasteiger partial charge in [-0.3, -0.25) is 10.00 Å². The Kier molecular flexibility index (Phi) is 5.08. The van der Waals surface area contributed by atoms with Crippen molar-refractivity contribution in [1.29, 1.82) is 0 Å². The van der Waals surface area contributed by atoms with E-state index in [2.05, 4.69) is 27.2 Å². The van der Waals surface area contributed by atoms with Gasteiger partial charge in [0, 0.05) is 38.3 Å². The number of nitrogens with one attached hydrogen (secondary N) is 1. The lowest BCUT2D eigenvalue weighted by molar-refractivity contribution is 0.0139. The van der Waals surface area contributed by atoms with Gasteiger partial charge in [-0.05, 0) is 26.3 Å². The summed E-state index contributed by atoms with van der Waals surface area (Å²) in [5, 5.41) is 7.31. The Balaban J connectivity index is 1.57. The summed E-state index contributed by atoms with van der Waals surface area (Å²) in [6.45, 7) is 9.54. The third-order valence-electron chi connectivity index (χ3n) is 4.20. The molecule has 3 rings (SSSR count). The van der Waals surface area contributed by atoms with Crippen LogP contribution in [0.15, 0.2) is 36.5 Å². The van der Waals surface area contributed by atoms with Crippen molar-refractivity contribution in [1.82, 2.24) is 20.0 Å². The van der Waals surface area contributed by atoms with Crippen LogP contribution in [0.3, 0.4) is 0 Å². The van der Waals surface area contributed by atoms with E-state index in [0.29, 0.717) is 13.1 Å². The normalized spacial score (nSPS) is 16.0. The van der Waals surface area contributed by atoms with Gasteiger partial charge >= 0.3 is 6.09 Å². The highest BCUT2D eigenvalue weighted by Crippen LogP contribution is 2.22. The zero-order valence-electron chi connectivity index (χ0n) is 15.2. The van der Waals surface area contributed by atoms with Crippen molar-refractivity contribution in [2.45, 2.75) is 32.9 Å².